The maximum atomic E-state index is 12.0. The summed E-state index contributed by atoms with van der Waals surface area (Å²) in [5.41, 5.74) is 1.13. The Bertz CT molecular complexity index is 882. The lowest BCUT2D eigenvalue weighted by Crippen LogP contribution is -2.35. The van der Waals surface area contributed by atoms with E-state index in [4.69, 9.17) is 16.3 Å². The summed E-state index contributed by atoms with van der Waals surface area (Å²) in [4.78, 5) is 34.1. The minimum atomic E-state index is -1.00. The number of nitrogens with one attached hydrogen (secondary N) is 1. The van der Waals surface area contributed by atoms with Gasteiger partial charge in [-0.05, 0) is 30.2 Å². The normalized spacial score (nSPS) is 11.8. The summed E-state index contributed by atoms with van der Waals surface area (Å²) in [7, 11) is 0. The van der Waals surface area contributed by atoms with Crippen molar-refractivity contribution < 1.29 is 19.2 Å². The number of hydrogen-bond acceptors (Lipinski definition) is 5. The van der Waals surface area contributed by atoms with Crippen LogP contribution in [0, 0.1) is 10.1 Å². The number of rotatable bonds is 7. The van der Waals surface area contributed by atoms with E-state index in [0.717, 1.165) is 11.6 Å². The third kappa shape index (κ3) is 6.23. The maximum Gasteiger partial charge on any atom is 0.331 e. The topological polar surface area (TPSA) is 98.5 Å². The summed E-state index contributed by atoms with van der Waals surface area (Å²) < 4.78 is 5.03. The number of esters is 1. The first-order chi connectivity index (χ1) is 12.9. The first-order valence-corrected chi connectivity index (χ1v) is 8.39. The molecule has 27 heavy (non-hydrogen) atoms. The van der Waals surface area contributed by atoms with E-state index in [1.807, 2.05) is 0 Å². The molecule has 0 aliphatic carbocycles. The molecule has 0 fully saturated rings. The van der Waals surface area contributed by atoms with Crippen LogP contribution in [0.3, 0.4) is 0 Å². The van der Waals surface area contributed by atoms with Crippen LogP contribution in [0.1, 0.15) is 18.1 Å². The van der Waals surface area contributed by atoms with Gasteiger partial charge in [-0.15, -0.1) is 0 Å². The van der Waals surface area contributed by atoms with Crippen molar-refractivity contribution in [2.75, 3.05) is 0 Å². The van der Waals surface area contributed by atoms with Crippen LogP contribution in [0.2, 0.25) is 5.02 Å². The quantitative estimate of drug-likeness (QED) is 0.338. The monoisotopic (exact) mass is 388 g/mol. The lowest BCUT2D eigenvalue weighted by Gasteiger charge is -2.13. The minimum absolute atomic E-state index is 0.0853. The molecule has 0 radical (unpaired) electrons. The standard InChI is InChI=1S/C19H17ClN2O5/c1-13(19(24)21-12-15-6-2-3-8-17(15)20)27-18(23)10-9-14-5-4-7-16(11-14)22(25)26/h2-11,13H,12H2,1H3,(H,21,24)/b10-9+. The van der Waals surface area contributed by atoms with Crippen molar-refractivity contribution in [3.05, 3.63) is 80.9 Å². The predicted molar refractivity (Wildman–Crippen MR) is 101 cm³/mol. The first kappa shape index (κ1) is 20.1. The lowest BCUT2D eigenvalue weighted by molar-refractivity contribution is -0.384. The van der Waals surface area contributed by atoms with Gasteiger partial charge in [0.05, 0.1) is 4.92 Å². The van der Waals surface area contributed by atoms with Crippen molar-refractivity contribution in [1.29, 1.82) is 0 Å². The predicted octanol–water partition coefficient (Wildman–Crippen LogP) is 3.51. The smallest absolute Gasteiger partial charge is 0.331 e. The van der Waals surface area contributed by atoms with Crippen LogP contribution in [0.25, 0.3) is 6.08 Å². The number of carbonyl (C=O) groups is 2. The third-order valence-electron chi connectivity index (χ3n) is 3.57. The Labute approximate surface area is 160 Å². The van der Waals surface area contributed by atoms with E-state index in [2.05, 4.69) is 5.32 Å². The fourth-order valence-corrected chi connectivity index (χ4v) is 2.34. The second kappa shape index (κ2) is 9.49. The van der Waals surface area contributed by atoms with Crippen LogP contribution in [0.5, 0.6) is 0 Å². The third-order valence-corrected chi connectivity index (χ3v) is 3.93. The van der Waals surface area contributed by atoms with Gasteiger partial charge in [0.15, 0.2) is 6.10 Å². The zero-order valence-electron chi connectivity index (χ0n) is 14.4. The van der Waals surface area contributed by atoms with Crippen molar-refractivity contribution in [2.24, 2.45) is 0 Å². The van der Waals surface area contributed by atoms with Gasteiger partial charge < -0.3 is 10.1 Å². The van der Waals surface area contributed by atoms with E-state index in [1.165, 1.54) is 31.2 Å². The van der Waals surface area contributed by atoms with Gasteiger partial charge in [-0.1, -0.05) is 41.9 Å². The molecule has 1 unspecified atom stereocenters. The number of nitro groups is 1. The highest BCUT2D eigenvalue weighted by molar-refractivity contribution is 6.31. The van der Waals surface area contributed by atoms with Crippen LogP contribution in [0.4, 0.5) is 5.69 Å². The molecule has 0 aliphatic rings. The molecule has 7 nitrogen and oxygen atoms in total. The molecule has 1 amide bonds. The minimum Gasteiger partial charge on any atom is -0.449 e. The van der Waals surface area contributed by atoms with Gasteiger partial charge in [-0.3, -0.25) is 14.9 Å². The molecule has 0 heterocycles. The highest BCUT2D eigenvalue weighted by Crippen LogP contribution is 2.15. The van der Waals surface area contributed by atoms with Crippen molar-refractivity contribution >= 4 is 35.2 Å². The average Bonchev–Trinajstić information content (AvgIpc) is 2.65. The van der Waals surface area contributed by atoms with E-state index in [9.17, 15) is 19.7 Å². The van der Waals surface area contributed by atoms with E-state index in [1.54, 1.807) is 30.3 Å². The number of non-ortho nitro benzene ring substituents is 1. The number of benzene rings is 2. The average molecular weight is 389 g/mol. The number of halogens is 1. The van der Waals surface area contributed by atoms with Gasteiger partial charge in [0.25, 0.3) is 11.6 Å². The summed E-state index contributed by atoms with van der Waals surface area (Å²) in [6, 6.07) is 12.9. The largest absolute Gasteiger partial charge is 0.449 e. The number of nitro benzene ring substituents is 1. The number of ether oxygens (including phenoxy) is 1. The van der Waals surface area contributed by atoms with Crippen molar-refractivity contribution in [3.8, 4) is 0 Å². The van der Waals surface area contributed by atoms with Gasteiger partial charge in [-0.2, -0.15) is 0 Å². The summed E-state index contributed by atoms with van der Waals surface area (Å²) in [6.07, 6.45) is 1.48. The number of carbonyl (C=O) groups excluding carboxylic acids is 2. The molecule has 0 saturated carbocycles. The van der Waals surface area contributed by atoms with E-state index >= 15 is 0 Å². The van der Waals surface area contributed by atoms with E-state index < -0.39 is 22.9 Å². The van der Waals surface area contributed by atoms with E-state index in [0.29, 0.717) is 10.6 Å². The van der Waals surface area contributed by atoms with Crippen molar-refractivity contribution in [2.45, 2.75) is 19.6 Å². The Morgan fingerprint density at radius 3 is 2.70 bits per heavy atom. The number of nitrogens with zero attached hydrogens (tertiary/aromatic N) is 1. The highest BCUT2D eigenvalue weighted by atomic mass is 35.5. The maximum absolute atomic E-state index is 12.0. The summed E-state index contributed by atoms with van der Waals surface area (Å²) in [5.74, 6) is -1.20. The second-order valence-corrected chi connectivity index (χ2v) is 5.98. The summed E-state index contributed by atoms with van der Waals surface area (Å²) in [5, 5.41) is 13.9. The molecule has 1 N–H and O–H groups in total. The molecule has 1 atom stereocenters. The molecule has 0 bridgehead atoms. The van der Waals surface area contributed by atoms with Gasteiger partial charge in [-0.25, -0.2) is 4.79 Å². The Hall–Kier alpha value is -3.19. The van der Waals surface area contributed by atoms with Crippen LogP contribution >= 0.6 is 11.6 Å². The van der Waals surface area contributed by atoms with Gasteiger partial charge in [0, 0.05) is 29.8 Å². The molecular formula is C19H17ClN2O5. The second-order valence-electron chi connectivity index (χ2n) is 5.57. The molecule has 2 rings (SSSR count). The summed E-state index contributed by atoms with van der Waals surface area (Å²) >= 11 is 6.01. The molecule has 140 valence electrons. The Balaban J connectivity index is 1.87. The molecule has 2 aromatic carbocycles. The van der Waals surface area contributed by atoms with Gasteiger partial charge >= 0.3 is 5.97 Å². The molecule has 0 saturated heterocycles. The number of hydrogen-bond donors (Lipinski definition) is 1. The van der Waals surface area contributed by atoms with Crippen LogP contribution in [0.15, 0.2) is 54.6 Å². The zero-order valence-corrected chi connectivity index (χ0v) is 15.2. The molecule has 0 spiro atoms. The fraction of sp³-hybridized carbons (Fsp3) is 0.158. The number of amides is 1. The fourth-order valence-electron chi connectivity index (χ4n) is 2.14. The zero-order chi connectivity index (χ0) is 19.8. The first-order valence-electron chi connectivity index (χ1n) is 8.01. The Morgan fingerprint density at radius 1 is 1.26 bits per heavy atom. The Morgan fingerprint density at radius 2 is 2.00 bits per heavy atom. The molecular weight excluding hydrogens is 372 g/mol. The van der Waals surface area contributed by atoms with Gasteiger partial charge in [0.2, 0.25) is 0 Å². The molecule has 2 aromatic rings. The molecule has 0 aromatic heterocycles. The Kier molecular flexibility index (Phi) is 7.08. The van der Waals surface area contributed by atoms with Crippen LogP contribution < -0.4 is 5.32 Å². The molecule has 8 heteroatoms. The van der Waals surface area contributed by atoms with Crippen molar-refractivity contribution in [3.63, 3.8) is 0 Å². The lowest BCUT2D eigenvalue weighted by atomic mass is 10.2. The van der Waals surface area contributed by atoms with Gasteiger partial charge in [0.1, 0.15) is 0 Å². The SMILES string of the molecule is CC(OC(=O)/C=C/c1cccc([N+](=O)[O-])c1)C(=O)NCc1ccccc1Cl. The van der Waals surface area contributed by atoms with Crippen molar-refractivity contribution in [1.82, 2.24) is 5.32 Å². The van der Waals surface area contributed by atoms with Crippen LogP contribution in [-0.2, 0) is 20.9 Å². The van der Waals surface area contributed by atoms with E-state index in [-0.39, 0.29) is 12.2 Å². The highest BCUT2D eigenvalue weighted by Gasteiger charge is 2.16. The molecule has 0 aliphatic heterocycles. The van der Waals surface area contributed by atoms with Crippen LogP contribution in [-0.4, -0.2) is 22.9 Å². The summed E-state index contributed by atoms with van der Waals surface area (Å²) in [6.45, 7) is 1.66.